The molecule has 2 heterocycles. The number of piperidine rings is 1. The van der Waals surface area contributed by atoms with Crippen molar-refractivity contribution in [2.45, 2.75) is 35.8 Å². The van der Waals surface area contributed by atoms with Crippen LogP contribution in [0, 0.1) is 0 Å². The number of thioether (sulfide) groups is 1. The van der Waals surface area contributed by atoms with E-state index in [0.717, 1.165) is 35.1 Å². The van der Waals surface area contributed by atoms with Crippen LogP contribution in [0.4, 0.5) is 0 Å². The minimum Gasteiger partial charge on any atom is -0.367 e. The quantitative estimate of drug-likeness (QED) is 0.520. The highest BCUT2D eigenvalue weighted by molar-refractivity contribution is 7.98. The van der Waals surface area contributed by atoms with Crippen molar-refractivity contribution < 1.29 is 9.53 Å². The Hall–Kier alpha value is -2.64. The Kier molecular flexibility index (Phi) is 7.04. The van der Waals surface area contributed by atoms with E-state index in [9.17, 15) is 4.79 Å². The smallest absolute Gasteiger partial charge is 0.256 e. The van der Waals surface area contributed by atoms with Crippen LogP contribution in [0.15, 0.2) is 65.8 Å². The second-order valence-electron chi connectivity index (χ2n) is 7.80. The van der Waals surface area contributed by atoms with Gasteiger partial charge in [-0.3, -0.25) is 4.79 Å². The van der Waals surface area contributed by atoms with Gasteiger partial charge in [0.1, 0.15) is 5.82 Å². The van der Waals surface area contributed by atoms with Gasteiger partial charge in [0.15, 0.2) is 11.3 Å². The number of aromatic nitrogens is 3. The second-order valence-corrected chi connectivity index (χ2v) is 8.74. The lowest BCUT2D eigenvalue weighted by molar-refractivity contribution is -0.143. The van der Waals surface area contributed by atoms with Crippen molar-refractivity contribution in [1.29, 1.82) is 0 Å². The molecule has 1 atom stereocenters. The first-order valence-corrected chi connectivity index (χ1v) is 11.6. The Bertz CT molecular complexity index is 985. The summed E-state index contributed by atoms with van der Waals surface area (Å²) in [6, 6.07) is 20.1. The molecule has 1 aliphatic heterocycles. The molecule has 6 nitrogen and oxygen atoms in total. The van der Waals surface area contributed by atoms with Crippen molar-refractivity contribution in [3.8, 4) is 0 Å². The molecular weight excluding hydrogens is 408 g/mol. The van der Waals surface area contributed by atoms with Gasteiger partial charge in [-0.25, -0.2) is 0 Å². The number of hydrogen-bond acceptors (Lipinski definition) is 5. The first kappa shape index (κ1) is 21.6. The van der Waals surface area contributed by atoms with Gasteiger partial charge < -0.3 is 14.2 Å². The fraction of sp³-hybridized carbons (Fsp3) is 0.375. The summed E-state index contributed by atoms with van der Waals surface area (Å²) in [6.07, 6.45) is 1.21. The number of benzene rings is 2. The third kappa shape index (κ3) is 4.99. The predicted octanol–water partition coefficient (Wildman–Crippen LogP) is 4.20. The van der Waals surface area contributed by atoms with E-state index >= 15 is 0 Å². The highest BCUT2D eigenvalue weighted by Crippen LogP contribution is 2.31. The van der Waals surface area contributed by atoms with Gasteiger partial charge in [0.05, 0.1) is 0 Å². The van der Waals surface area contributed by atoms with Crippen molar-refractivity contribution in [1.82, 2.24) is 19.7 Å². The molecule has 2 aromatic carbocycles. The number of methoxy groups -OCH3 is 1. The minimum atomic E-state index is -0.548. The zero-order chi connectivity index (χ0) is 21.6. The number of rotatable bonds is 7. The molecular formula is C24H28N4O2S. The van der Waals surface area contributed by atoms with E-state index in [4.69, 9.17) is 4.74 Å². The number of amides is 1. The Balaban J connectivity index is 1.35. The Morgan fingerprint density at radius 2 is 1.71 bits per heavy atom. The lowest BCUT2D eigenvalue weighted by atomic mass is 9.95. The number of hydrogen-bond donors (Lipinski definition) is 0. The van der Waals surface area contributed by atoms with Crippen molar-refractivity contribution in [2.75, 3.05) is 20.2 Å². The van der Waals surface area contributed by atoms with Crippen LogP contribution in [0.3, 0.4) is 0 Å². The third-order valence-electron chi connectivity index (χ3n) is 5.81. The topological polar surface area (TPSA) is 60.2 Å². The lowest BCUT2D eigenvalue weighted by Crippen LogP contribution is -2.41. The summed E-state index contributed by atoms with van der Waals surface area (Å²) >= 11 is 1.70. The monoisotopic (exact) mass is 436 g/mol. The molecule has 1 fully saturated rings. The highest BCUT2D eigenvalue weighted by Gasteiger charge is 2.31. The minimum absolute atomic E-state index is 0.0317. The fourth-order valence-corrected chi connectivity index (χ4v) is 4.93. The maximum atomic E-state index is 13.0. The number of ether oxygens (including phenoxy) is 1. The summed E-state index contributed by atoms with van der Waals surface area (Å²) in [5, 5.41) is 9.83. The first-order valence-electron chi connectivity index (χ1n) is 10.6. The second kappa shape index (κ2) is 10.1. The maximum Gasteiger partial charge on any atom is 0.256 e. The molecule has 0 aliphatic carbocycles. The van der Waals surface area contributed by atoms with Crippen LogP contribution >= 0.6 is 11.8 Å². The summed E-state index contributed by atoms with van der Waals surface area (Å²) < 4.78 is 7.64. The average molecular weight is 437 g/mol. The van der Waals surface area contributed by atoms with Crippen molar-refractivity contribution in [3.63, 3.8) is 0 Å². The van der Waals surface area contributed by atoms with E-state index in [-0.39, 0.29) is 5.91 Å². The molecule has 7 heteroatoms. The number of carbonyl (C=O) groups excluding carboxylic acids is 1. The molecule has 162 valence electrons. The van der Waals surface area contributed by atoms with E-state index in [1.165, 1.54) is 5.56 Å². The van der Waals surface area contributed by atoms with E-state index in [0.29, 0.717) is 19.0 Å². The molecule has 4 rings (SSSR count). The van der Waals surface area contributed by atoms with Gasteiger partial charge in [-0.15, -0.1) is 10.2 Å². The first-order chi connectivity index (χ1) is 15.2. The van der Waals surface area contributed by atoms with E-state index in [1.54, 1.807) is 18.9 Å². The molecule has 1 aliphatic rings. The molecule has 0 N–H and O–H groups in total. The Morgan fingerprint density at radius 3 is 2.35 bits per heavy atom. The van der Waals surface area contributed by atoms with Gasteiger partial charge in [0, 0.05) is 38.9 Å². The summed E-state index contributed by atoms with van der Waals surface area (Å²) in [7, 11) is 3.63. The Morgan fingerprint density at radius 1 is 1.06 bits per heavy atom. The van der Waals surface area contributed by atoms with Crippen molar-refractivity contribution in [2.24, 2.45) is 7.05 Å². The number of likely N-dealkylation sites (tertiary alicyclic amines) is 1. The van der Waals surface area contributed by atoms with Gasteiger partial charge in [-0.1, -0.05) is 72.4 Å². The van der Waals surface area contributed by atoms with Crippen LogP contribution < -0.4 is 0 Å². The van der Waals surface area contributed by atoms with Crippen LogP contribution in [0.5, 0.6) is 0 Å². The number of carbonyl (C=O) groups is 1. The largest absolute Gasteiger partial charge is 0.367 e. The van der Waals surface area contributed by atoms with Crippen LogP contribution in [0.2, 0.25) is 0 Å². The van der Waals surface area contributed by atoms with Crippen LogP contribution in [0.1, 0.15) is 41.8 Å². The van der Waals surface area contributed by atoms with E-state index < -0.39 is 6.10 Å². The zero-order valence-electron chi connectivity index (χ0n) is 18.0. The fourth-order valence-electron chi connectivity index (χ4n) is 4.06. The maximum absolute atomic E-state index is 13.0. The van der Waals surface area contributed by atoms with Gasteiger partial charge >= 0.3 is 0 Å². The highest BCUT2D eigenvalue weighted by atomic mass is 32.2. The Labute approximate surface area is 187 Å². The molecule has 1 amide bonds. The summed E-state index contributed by atoms with van der Waals surface area (Å²) in [5.41, 5.74) is 2.17. The SMILES string of the molecule is CO[C@@H](C(=O)N1CCC(c2nnc(SCc3ccccc3)n2C)CC1)c1ccccc1. The van der Waals surface area contributed by atoms with Gasteiger partial charge in [0.2, 0.25) is 0 Å². The van der Waals surface area contributed by atoms with Crippen LogP contribution in [0.25, 0.3) is 0 Å². The van der Waals surface area contributed by atoms with Gasteiger partial charge in [0.25, 0.3) is 5.91 Å². The molecule has 1 aromatic heterocycles. The third-order valence-corrected chi connectivity index (χ3v) is 6.90. The predicted molar refractivity (Wildman–Crippen MR) is 122 cm³/mol. The molecule has 1 saturated heterocycles. The summed E-state index contributed by atoms with van der Waals surface area (Å²) in [6.45, 7) is 1.41. The molecule has 3 aromatic rings. The molecule has 0 radical (unpaired) electrons. The molecule has 0 saturated carbocycles. The molecule has 0 unspecified atom stereocenters. The summed E-state index contributed by atoms with van der Waals surface area (Å²) in [5.74, 6) is 2.22. The lowest BCUT2D eigenvalue weighted by Gasteiger charge is -2.33. The molecule has 0 bridgehead atoms. The van der Waals surface area contributed by atoms with Crippen LogP contribution in [-0.2, 0) is 22.3 Å². The summed E-state index contributed by atoms with van der Waals surface area (Å²) in [4.78, 5) is 14.9. The van der Waals surface area contributed by atoms with Crippen molar-refractivity contribution in [3.05, 3.63) is 77.6 Å². The molecule has 31 heavy (non-hydrogen) atoms. The number of nitrogens with zero attached hydrogens (tertiary/aromatic N) is 4. The molecule has 0 spiro atoms. The van der Waals surface area contributed by atoms with Gasteiger partial charge in [-0.05, 0) is 24.0 Å². The zero-order valence-corrected chi connectivity index (χ0v) is 18.8. The normalized spacial score (nSPS) is 15.7. The standard InChI is InChI=1S/C24H28N4O2S/c1-27-22(25-26-24(27)31-17-18-9-5-3-6-10-18)20-13-15-28(16-14-20)23(29)21(30-2)19-11-7-4-8-12-19/h3-12,20-21H,13-17H2,1-2H3/t21-/m1/s1. The van der Waals surface area contributed by atoms with Crippen molar-refractivity contribution >= 4 is 17.7 Å². The van der Waals surface area contributed by atoms with E-state index in [2.05, 4.69) is 39.0 Å². The van der Waals surface area contributed by atoms with E-state index in [1.807, 2.05) is 48.3 Å². The van der Waals surface area contributed by atoms with Gasteiger partial charge in [-0.2, -0.15) is 0 Å². The van der Waals surface area contributed by atoms with Crippen LogP contribution in [-0.4, -0.2) is 45.8 Å². The average Bonchev–Trinajstić information content (AvgIpc) is 3.20.